The minimum Gasteiger partial charge on any atom is -0.853 e. The Hall–Kier alpha value is -1.04. The largest absolute Gasteiger partial charge is 0.853 e. The Balaban J connectivity index is 3.10. The first-order chi connectivity index (χ1) is 6.29. The molecule has 0 heterocycles. The molecule has 0 spiro atoms. The maximum atomic E-state index is 10.9. The molecule has 1 aromatic rings. The van der Waals surface area contributed by atoms with Crippen molar-refractivity contribution in [3.8, 4) is 6.07 Å². The van der Waals surface area contributed by atoms with Gasteiger partial charge in [0.15, 0.2) is 0 Å². The van der Waals surface area contributed by atoms with Gasteiger partial charge in [-0.25, -0.2) is 0 Å². The third-order valence-corrected chi connectivity index (χ3v) is 2.47. The molecule has 1 unspecified atom stereocenters. The van der Waals surface area contributed by atoms with Gasteiger partial charge in [0.1, 0.15) is 0 Å². The molecule has 0 bridgehead atoms. The summed E-state index contributed by atoms with van der Waals surface area (Å²) in [6, 6.07) is 10.9. The molecule has 2 nitrogen and oxygen atoms in total. The highest BCUT2D eigenvalue weighted by Crippen LogP contribution is 2.23. The van der Waals surface area contributed by atoms with Gasteiger partial charge in [-0.15, -0.1) is 18.2 Å². The van der Waals surface area contributed by atoms with E-state index in [1.807, 2.05) is 12.1 Å². The summed E-state index contributed by atoms with van der Waals surface area (Å²) in [5, 5.41) is 19.8. The molecular weight excluding hydrogens is 186 g/mol. The van der Waals surface area contributed by atoms with Crippen molar-refractivity contribution >= 4 is 11.6 Å². The lowest BCUT2D eigenvalue weighted by Gasteiger charge is -2.27. The zero-order valence-electron chi connectivity index (χ0n) is 7.03. The van der Waals surface area contributed by atoms with E-state index < -0.39 is 12.0 Å². The van der Waals surface area contributed by atoms with Crippen molar-refractivity contribution in [1.82, 2.24) is 0 Å². The van der Waals surface area contributed by atoms with Gasteiger partial charge in [0, 0.05) is 5.88 Å². The number of benzene rings is 1. The molecule has 0 saturated carbocycles. The molecule has 0 radical (unpaired) electrons. The summed E-state index contributed by atoms with van der Waals surface area (Å²) in [7, 11) is 0. The molecule has 0 aliphatic carbocycles. The van der Waals surface area contributed by atoms with Gasteiger partial charge in [0.05, 0.1) is 11.5 Å². The van der Waals surface area contributed by atoms with Crippen molar-refractivity contribution < 1.29 is 5.11 Å². The maximum Gasteiger partial charge on any atom is 0.0805 e. The van der Waals surface area contributed by atoms with Crippen LogP contribution in [0.2, 0.25) is 0 Å². The molecule has 1 atom stereocenters. The van der Waals surface area contributed by atoms with Crippen LogP contribution in [0.1, 0.15) is 5.56 Å². The minimum atomic E-state index is -1.07. The Morgan fingerprint density at radius 3 is 2.38 bits per heavy atom. The molecule has 0 saturated heterocycles. The van der Waals surface area contributed by atoms with Gasteiger partial charge in [-0.2, -0.15) is 5.26 Å². The lowest BCUT2D eigenvalue weighted by Crippen LogP contribution is -2.37. The highest BCUT2D eigenvalue weighted by atomic mass is 35.5. The van der Waals surface area contributed by atoms with E-state index in [2.05, 4.69) is 0 Å². The number of nitriles is 1. The van der Waals surface area contributed by atoms with Crippen LogP contribution in [0, 0.1) is 11.3 Å². The Kier molecular flexibility index (Phi) is 3.30. The van der Waals surface area contributed by atoms with E-state index in [4.69, 9.17) is 16.9 Å². The average molecular weight is 195 g/mol. The highest BCUT2D eigenvalue weighted by Gasteiger charge is 2.26. The smallest absolute Gasteiger partial charge is 0.0805 e. The summed E-state index contributed by atoms with van der Waals surface area (Å²) in [6.07, 6.45) is 0. The molecule has 0 N–H and O–H groups in total. The number of hydrogen-bond donors (Lipinski definition) is 0. The SMILES string of the molecule is N#CC(C[O-])(CCl)c1ccccc1. The molecule has 3 heteroatoms. The lowest BCUT2D eigenvalue weighted by molar-refractivity contribution is -0.377. The first-order valence-corrected chi connectivity index (χ1v) is 4.43. The summed E-state index contributed by atoms with van der Waals surface area (Å²) >= 11 is 5.64. The van der Waals surface area contributed by atoms with Crippen molar-refractivity contribution in [3.63, 3.8) is 0 Å². The Morgan fingerprint density at radius 1 is 1.38 bits per heavy atom. The fourth-order valence-corrected chi connectivity index (χ4v) is 1.37. The van der Waals surface area contributed by atoms with Gasteiger partial charge in [-0.3, -0.25) is 0 Å². The molecular formula is C10H9ClNO-. The van der Waals surface area contributed by atoms with Crippen LogP contribution in [0.15, 0.2) is 30.3 Å². The number of rotatable bonds is 3. The molecule has 68 valence electrons. The van der Waals surface area contributed by atoms with E-state index in [1.165, 1.54) is 0 Å². The van der Waals surface area contributed by atoms with Crippen LogP contribution in [0.25, 0.3) is 0 Å². The number of hydrogen-bond acceptors (Lipinski definition) is 2. The molecule has 0 aliphatic heterocycles. The average Bonchev–Trinajstić information content (AvgIpc) is 2.23. The van der Waals surface area contributed by atoms with E-state index in [0.717, 1.165) is 0 Å². The van der Waals surface area contributed by atoms with Gasteiger partial charge < -0.3 is 5.11 Å². The standard InChI is InChI=1S/C10H9ClNO/c11-6-10(7-12,8-13)9-4-2-1-3-5-9/h1-5H,6,8H2/q-1. The van der Waals surface area contributed by atoms with Gasteiger partial charge in [0.2, 0.25) is 0 Å². The van der Waals surface area contributed by atoms with Crippen molar-refractivity contribution in [1.29, 1.82) is 5.26 Å². The van der Waals surface area contributed by atoms with E-state index in [0.29, 0.717) is 5.56 Å². The summed E-state index contributed by atoms with van der Waals surface area (Å²) in [5.41, 5.74) is -0.370. The van der Waals surface area contributed by atoms with Crippen LogP contribution in [0.5, 0.6) is 0 Å². The number of halogens is 1. The lowest BCUT2D eigenvalue weighted by atomic mass is 9.85. The first kappa shape index (κ1) is 10.0. The molecule has 1 rings (SSSR count). The molecule has 0 aromatic heterocycles. The minimum absolute atomic E-state index is 0.0387. The van der Waals surface area contributed by atoms with Gasteiger partial charge >= 0.3 is 0 Å². The van der Waals surface area contributed by atoms with Crippen molar-refractivity contribution in [3.05, 3.63) is 35.9 Å². The predicted octanol–water partition coefficient (Wildman–Crippen LogP) is 1.05. The molecule has 0 aliphatic rings. The molecule has 0 fully saturated rings. The first-order valence-electron chi connectivity index (χ1n) is 3.90. The Labute approximate surface area is 82.4 Å². The molecule has 13 heavy (non-hydrogen) atoms. The van der Waals surface area contributed by atoms with E-state index in [-0.39, 0.29) is 5.88 Å². The quantitative estimate of drug-likeness (QED) is 0.676. The van der Waals surface area contributed by atoms with Gasteiger partial charge in [-0.1, -0.05) is 30.3 Å². The topological polar surface area (TPSA) is 46.8 Å². The second-order valence-corrected chi connectivity index (χ2v) is 3.11. The second kappa shape index (κ2) is 4.27. The summed E-state index contributed by atoms with van der Waals surface area (Å²) in [5.74, 6) is 0.0387. The third kappa shape index (κ3) is 1.82. The maximum absolute atomic E-state index is 10.9. The van der Waals surface area contributed by atoms with Crippen molar-refractivity contribution in [2.45, 2.75) is 5.41 Å². The van der Waals surface area contributed by atoms with Crippen molar-refractivity contribution in [2.24, 2.45) is 0 Å². The summed E-state index contributed by atoms with van der Waals surface area (Å²) < 4.78 is 0. The highest BCUT2D eigenvalue weighted by molar-refractivity contribution is 6.19. The fourth-order valence-electron chi connectivity index (χ4n) is 1.08. The summed E-state index contributed by atoms with van der Waals surface area (Å²) in [6.45, 7) is -0.503. The Bertz CT molecular complexity index is 300. The summed E-state index contributed by atoms with van der Waals surface area (Å²) in [4.78, 5) is 0. The monoisotopic (exact) mass is 194 g/mol. The van der Waals surface area contributed by atoms with Crippen LogP contribution in [-0.2, 0) is 5.41 Å². The van der Waals surface area contributed by atoms with E-state index in [9.17, 15) is 5.11 Å². The zero-order chi connectivity index (χ0) is 9.73. The number of alkyl halides is 1. The fraction of sp³-hybridized carbons (Fsp3) is 0.300. The number of nitrogens with zero attached hydrogens (tertiary/aromatic N) is 1. The van der Waals surface area contributed by atoms with Crippen molar-refractivity contribution in [2.75, 3.05) is 12.5 Å². The van der Waals surface area contributed by atoms with Gasteiger partial charge in [0.25, 0.3) is 0 Å². The molecule has 0 amide bonds. The van der Waals surface area contributed by atoms with Crippen LogP contribution < -0.4 is 5.11 Å². The zero-order valence-corrected chi connectivity index (χ0v) is 7.79. The predicted molar refractivity (Wildman–Crippen MR) is 49.3 cm³/mol. The Morgan fingerprint density at radius 2 is 2.00 bits per heavy atom. The van der Waals surface area contributed by atoms with E-state index >= 15 is 0 Å². The van der Waals surface area contributed by atoms with Crippen LogP contribution >= 0.6 is 11.6 Å². The normalized spacial score (nSPS) is 14.5. The second-order valence-electron chi connectivity index (χ2n) is 2.84. The molecule has 1 aromatic carbocycles. The van der Waals surface area contributed by atoms with Crippen LogP contribution in [-0.4, -0.2) is 12.5 Å². The van der Waals surface area contributed by atoms with E-state index in [1.54, 1.807) is 24.3 Å². The van der Waals surface area contributed by atoms with Crippen LogP contribution in [0.3, 0.4) is 0 Å². The third-order valence-electron chi connectivity index (χ3n) is 2.01. The van der Waals surface area contributed by atoms with Gasteiger partial charge in [-0.05, 0) is 5.56 Å². The van der Waals surface area contributed by atoms with Crippen LogP contribution in [0.4, 0.5) is 0 Å².